The van der Waals surface area contributed by atoms with E-state index < -0.39 is 11.8 Å². The minimum Gasteiger partial charge on any atom is -0.494 e. The lowest BCUT2D eigenvalue weighted by Gasteiger charge is -2.12. The number of ether oxygens (including phenoxy) is 2. The number of hydrogen-bond donors (Lipinski definition) is 2. The third-order valence-electron chi connectivity index (χ3n) is 2.87. The molecule has 0 bridgehead atoms. The van der Waals surface area contributed by atoms with Crippen LogP contribution in [0.25, 0.3) is 0 Å². The molecule has 0 atom stereocenters. The number of methoxy groups -OCH3 is 2. The van der Waals surface area contributed by atoms with Crippen LogP contribution >= 0.6 is 0 Å². The summed E-state index contributed by atoms with van der Waals surface area (Å²) in [4.78, 5) is 11.9. The Labute approximate surface area is 126 Å². The van der Waals surface area contributed by atoms with E-state index in [0.29, 0.717) is 12.2 Å². The van der Waals surface area contributed by atoms with Crippen molar-refractivity contribution in [2.45, 2.75) is 13.3 Å². The molecule has 0 aliphatic rings. The molecule has 1 aromatic heterocycles. The van der Waals surface area contributed by atoms with Crippen molar-refractivity contribution < 1.29 is 23.2 Å². The van der Waals surface area contributed by atoms with Gasteiger partial charge in [0, 0.05) is 24.6 Å². The number of aryl methyl sites for hydroxylation is 1. The monoisotopic (exact) mass is 309 g/mol. The Kier molecular flexibility index (Phi) is 4.82. The number of urea groups is 1. The highest BCUT2D eigenvalue weighted by molar-refractivity contribution is 6.00. The quantitative estimate of drug-likeness (QED) is 0.886. The van der Waals surface area contributed by atoms with Crippen molar-refractivity contribution in [3.8, 4) is 11.5 Å². The van der Waals surface area contributed by atoms with Crippen molar-refractivity contribution in [1.29, 1.82) is 0 Å². The summed E-state index contributed by atoms with van der Waals surface area (Å²) in [7, 11) is 2.74. The molecular weight excluding hydrogens is 293 g/mol. The van der Waals surface area contributed by atoms with Crippen LogP contribution < -0.4 is 20.1 Å². The number of anilines is 2. The van der Waals surface area contributed by atoms with Crippen LogP contribution in [0.3, 0.4) is 0 Å². The SMILES string of the molecule is CCc1cc(NC(=O)Nc2cc(F)c(OC)cc2OC)no1. The fourth-order valence-electron chi connectivity index (χ4n) is 1.77. The van der Waals surface area contributed by atoms with Gasteiger partial charge in [0.25, 0.3) is 0 Å². The maximum Gasteiger partial charge on any atom is 0.325 e. The average Bonchev–Trinajstić information content (AvgIpc) is 2.95. The first-order chi connectivity index (χ1) is 10.6. The molecular formula is C14H16FN3O4. The van der Waals surface area contributed by atoms with Gasteiger partial charge in [-0.05, 0) is 0 Å². The molecule has 2 aromatic rings. The molecule has 0 aliphatic carbocycles. The van der Waals surface area contributed by atoms with Gasteiger partial charge < -0.3 is 19.3 Å². The minimum absolute atomic E-state index is 0.0203. The van der Waals surface area contributed by atoms with Gasteiger partial charge in [-0.3, -0.25) is 5.32 Å². The lowest BCUT2D eigenvalue weighted by atomic mass is 10.2. The zero-order chi connectivity index (χ0) is 16.1. The first kappa shape index (κ1) is 15.6. The Morgan fingerprint density at radius 1 is 1.23 bits per heavy atom. The normalized spacial score (nSPS) is 10.2. The zero-order valence-corrected chi connectivity index (χ0v) is 12.4. The van der Waals surface area contributed by atoms with Crippen LogP contribution in [-0.2, 0) is 6.42 Å². The standard InChI is InChI=1S/C14H16FN3O4/c1-4-8-5-13(18-22-8)17-14(19)16-10-6-9(15)11(20-2)7-12(10)21-3/h5-7H,4H2,1-3H3,(H2,16,17,18,19). The van der Waals surface area contributed by atoms with Crippen molar-refractivity contribution in [2.24, 2.45) is 0 Å². The average molecular weight is 309 g/mol. The molecule has 2 N–H and O–H groups in total. The van der Waals surface area contributed by atoms with E-state index >= 15 is 0 Å². The second-order valence-electron chi connectivity index (χ2n) is 4.30. The molecule has 8 heteroatoms. The number of amides is 2. The van der Waals surface area contributed by atoms with Crippen LogP contribution in [0.2, 0.25) is 0 Å². The largest absolute Gasteiger partial charge is 0.494 e. The van der Waals surface area contributed by atoms with E-state index in [1.54, 1.807) is 6.07 Å². The van der Waals surface area contributed by atoms with Crippen molar-refractivity contribution in [3.63, 3.8) is 0 Å². The highest BCUT2D eigenvalue weighted by Gasteiger charge is 2.14. The molecule has 118 valence electrons. The molecule has 2 rings (SSSR count). The number of carbonyl (C=O) groups excluding carboxylic acids is 1. The Morgan fingerprint density at radius 3 is 2.55 bits per heavy atom. The maximum absolute atomic E-state index is 13.7. The van der Waals surface area contributed by atoms with E-state index in [0.717, 1.165) is 6.07 Å². The highest BCUT2D eigenvalue weighted by atomic mass is 19.1. The molecule has 0 radical (unpaired) electrons. The number of carbonyl (C=O) groups is 1. The van der Waals surface area contributed by atoms with Crippen molar-refractivity contribution in [1.82, 2.24) is 5.16 Å². The number of nitrogens with one attached hydrogen (secondary N) is 2. The summed E-state index contributed by atoms with van der Waals surface area (Å²) in [5.74, 6) is 0.577. The number of benzene rings is 1. The van der Waals surface area contributed by atoms with Gasteiger partial charge in [0.1, 0.15) is 11.5 Å². The molecule has 0 saturated heterocycles. The van der Waals surface area contributed by atoms with Gasteiger partial charge in [0.05, 0.1) is 19.9 Å². The minimum atomic E-state index is -0.617. The van der Waals surface area contributed by atoms with Gasteiger partial charge in [-0.15, -0.1) is 0 Å². The van der Waals surface area contributed by atoms with Crippen LogP contribution in [0, 0.1) is 5.82 Å². The molecule has 0 aliphatic heterocycles. The number of halogens is 1. The topological polar surface area (TPSA) is 85.6 Å². The van der Waals surface area contributed by atoms with Gasteiger partial charge in [0.15, 0.2) is 17.4 Å². The maximum atomic E-state index is 13.7. The lowest BCUT2D eigenvalue weighted by molar-refractivity contribution is 0.261. The predicted molar refractivity (Wildman–Crippen MR) is 78.0 cm³/mol. The van der Waals surface area contributed by atoms with Crippen LogP contribution in [0.5, 0.6) is 11.5 Å². The molecule has 2 amide bonds. The van der Waals surface area contributed by atoms with Gasteiger partial charge in [-0.25, -0.2) is 9.18 Å². The Balaban J connectivity index is 2.12. The summed E-state index contributed by atoms with van der Waals surface area (Å²) in [5.41, 5.74) is 0.164. The van der Waals surface area contributed by atoms with E-state index in [4.69, 9.17) is 14.0 Å². The van der Waals surface area contributed by atoms with Gasteiger partial charge in [-0.2, -0.15) is 0 Å². The smallest absolute Gasteiger partial charge is 0.325 e. The van der Waals surface area contributed by atoms with E-state index in [2.05, 4.69) is 15.8 Å². The fourth-order valence-corrected chi connectivity index (χ4v) is 1.77. The van der Waals surface area contributed by atoms with Crippen LogP contribution in [-0.4, -0.2) is 25.4 Å². The summed E-state index contributed by atoms with van der Waals surface area (Å²) in [6.07, 6.45) is 0.661. The molecule has 0 fully saturated rings. The lowest BCUT2D eigenvalue weighted by Crippen LogP contribution is -2.20. The third kappa shape index (κ3) is 3.46. The first-order valence-electron chi connectivity index (χ1n) is 6.52. The predicted octanol–water partition coefficient (Wildman–Crippen LogP) is 3.04. The molecule has 0 spiro atoms. The number of aromatic nitrogens is 1. The molecule has 1 aromatic carbocycles. The molecule has 1 heterocycles. The van der Waals surface area contributed by atoms with Crippen molar-refractivity contribution in [2.75, 3.05) is 24.9 Å². The summed E-state index contributed by atoms with van der Waals surface area (Å²) < 4.78 is 28.6. The molecule has 22 heavy (non-hydrogen) atoms. The number of nitrogens with zero attached hydrogens (tertiary/aromatic N) is 1. The van der Waals surface area contributed by atoms with Gasteiger partial charge >= 0.3 is 6.03 Å². The second-order valence-corrected chi connectivity index (χ2v) is 4.30. The van der Waals surface area contributed by atoms with Crippen molar-refractivity contribution >= 4 is 17.5 Å². The van der Waals surface area contributed by atoms with Crippen molar-refractivity contribution in [3.05, 3.63) is 29.8 Å². The van der Waals surface area contributed by atoms with E-state index in [-0.39, 0.29) is 23.0 Å². The molecule has 7 nitrogen and oxygen atoms in total. The fraction of sp³-hybridized carbons (Fsp3) is 0.286. The Hall–Kier alpha value is -2.77. The van der Waals surface area contributed by atoms with Crippen LogP contribution in [0.4, 0.5) is 20.7 Å². The third-order valence-corrected chi connectivity index (χ3v) is 2.87. The zero-order valence-electron chi connectivity index (χ0n) is 12.4. The summed E-state index contributed by atoms with van der Waals surface area (Å²) >= 11 is 0. The summed E-state index contributed by atoms with van der Waals surface area (Å²) in [5, 5.41) is 8.64. The van der Waals surface area contributed by atoms with Crippen LogP contribution in [0.1, 0.15) is 12.7 Å². The molecule has 0 unspecified atom stereocenters. The van der Waals surface area contributed by atoms with Gasteiger partial charge in [-0.1, -0.05) is 12.1 Å². The summed E-state index contributed by atoms with van der Waals surface area (Å²) in [6, 6.07) is 3.46. The summed E-state index contributed by atoms with van der Waals surface area (Å²) in [6.45, 7) is 1.90. The molecule has 0 saturated carbocycles. The highest BCUT2D eigenvalue weighted by Crippen LogP contribution is 2.31. The number of hydrogen-bond acceptors (Lipinski definition) is 5. The van der Waals surface area contributed by atoms with E-state index in [1.807, 2.05) is 6.92 Å². The van der Waals surface area contributed by atoms with Gasteiger partial charge in [0.2, 0.25) is 0 Å². The van der Waals surface area contributed by atoms with E-state index in [9.17, 15) is 9.18 Å². The number of rotatable bonds is 5. The van der Waals surface area contributed by atoms with E-state index in [1.165, 1.54) is 20.3 Å². The van der Waals surface area contributed by atoms with Crippen LogP contribution in [0.15, 0.2) is 22.7 Å². The Morgan fingerprint density at radius 2 is 1.95 bits per heavy atom. The Bertz CT molecular complexity index is 672. The second kappa shape index (κ2) is 6.79. The first-order valence-corrected chi connectivity index (χ1v) is 6.52.